The maximum Gasteiger partial charge on any atom is 0.254 e. The number of methoxy groups -OCH3 is 4. The first kappa shape index (κ1) is 31.3. The Kier molecular flexibility index (Phi) is 10.5. The summed E-state index contributed by atoms with van der Waals surface area (Å²) in [6, 6.07) is 17.1. The molecule has 0 atom stereocenters. The van der Waals surface area contributed by atoms with Crippen LogP contribution in [0.15, 0.2) is 60.7 Å². The SMILES string of the molecule is CCCOc1ccc(/C(=C\C(=O)N2CCN(C(=O)c3cc(OC)c(OC)c(OC)c3)CC2)c2cccc(C)c2)cc1OC. The van der Waals surface area contributed by atoms with E-state index in [9.17, 15) is 9.59 Å². The molecule has 1 aliphatic rings. The van der Waals surface area contributed by atoms with Gasteiger partial charge in [-0.2, -0.15) is 0 Å². The number of amides is 2. The summed E-state index contributed by atoms with van der Waals surface area (Å²) in [7, 11) is 6.15. The molecule has 0 unspecified atom stereocenters. The number of aryl methyl sites for hydroxylation is 1. The third-order valence-electron chi connectivity index (χ3n) is 7.32. The molecule has 2 amide bonds. The molecule has 9 heteroatoms. The van der Waals surface area contributed by atoms with Gasteiger partial charge in [-0.1, -0.05) is 42.8 Å². The minimum Gasteiger partial charge on any atom is -0.493 e. The number of ether oxygens (including phenoxy) is 5. The van der Waals surface area contributed by atoms with Gasteiger partial charge in [0, 0.05) is 37.8 Å². The molecule has 0 aromatic heterocycles. The van der Waals surface area contributed by atoms with E-state index in [1.165, 1.54) is 21.3 Å². The van der Waals surface area contributed by atoms with Crippen molar-refractivity contribution in [3.05, 3.63) is 82.9 Å². The van der Waals surface area contributed by atoms with Crippen LogP contribution in [0.2, 0.25) is 0 Å². The van der Waals surface area contributed by atoms with Gasteiger partial charge in [0.05, 0.1) is 35.0 Å². The lowest BCUT2D eigenvalue weighted by Crippen LogP contribution is -2.50. The summed E-state index contributed by atoms with van der Waals surface area (Å²) >= 11 is 0. The lowest BCUT2D eigenvalue weighted by atomic mass is 9.95. The van der Waals surface area contributed by atoms with Crippen LogP contribution in [-0.4, -0.2) is 82.8 Å². The molecule has 3 aromatic rings. The van der Waals surface area contributed by atoms with Crippen molar-refractivity contribution in [2.24, 2.45) is 0 Å². The Labute approximate surface area is 253 Å². The number of benzene rings is 3. The lowest BCUT2D eigenvalue weighted by Gasteiger charge is -2.34. The molecule has 3 aromatic carbocycles. The highest BCUT2D eigenvalue weighted by Crippen LogP contribution is 2.38. The number of carbonyl (C=O) groups excluding carboxylic acids is 2. The molecule has 0 radical (unpaired) electrons. The molecular weight excluding hydrogens is 548 g/mol. The van der Waals surface area contributed by atoms with E-state index in [0.717, 1.165) is 28.7 Å². The summed E-state index contributed by atoms with van der Waals surface area (Å²) in [5.74, 6) is 2.23. The Hall–Kier alpha value is -4.66. The molecular formula is C34H40N2O7. The molecule has 228 valence electrons. The Morgan fingerprint density at radius 1 is 0.721 bits per heavy atom. The number of carbonyl (C=O) groups is 2. The number of hydrogen-bond donors (Lipinski definition) is 0. The first-order valence-electron chi connectivity index (χ1n) is 14.3. The van der Waals surface area contributed by atoms with Gasteiger partial charge in [0.2, 0.25) is 11.7 Å². The Bertz CT molecular complexity index is 1450. The lowest BCUT2D eigenvalue weighted by molar-refractivity contribution is -0.127. The fourth-order valence-corrected chi connectivity index (χ4v) is 5.04. The Balaban J connectivity index is 1.55. The van der Waals surface area contributed by atoms with Gasteiger partial charge in [0.1, 0.15) is 0 Å². The van der Waals surface area contributed by atoms with E-state index >= 15 is 0 Å². The zero-order valence-electron chi connectivity index (χ0n) is 25.8. The topological polar surface area (TPSA) is 86.8 Å². The van der Waals surface area contributed by atoms with Crippen LogP contribution in [0.4, 0.5) is 0 Å². The molecule has 0 saturated carbocycles. The van der Waals surface area contributed by atoms with E-state index in [4.69, 9.17) is 23.7 Å². The van der Waals surface area contributed by atoms with Crippen LogP contribution < -0.4 is 23.7 Å². The fourth-order valence-electron chi connectivity index (χ4n) is 5.04. The van der Waals surface area contributed by atoms with Gasteiger partial charge in [-0.15, -0.1) is 0 Å². The van der Waals surface area contributed by atoms with Crippen molar-refractivity contribution in [3.8, 4) is 28.7 Å². The van der Waals surface area contributed by atoms with E-state index in [1.54, 1.807) is 35.1 Å². The van der Waals surface area contributed by atoms with Gasteiger partial charge >= 0.3 is 0 Å². The van der Waals surface area contributed by atoms with Crippen molar-refractivity contribution in [2.75, 3.05) is 61.2 Å². The molecule has 9 nitrogen and oxygen atoms in total. The molecule has 43 heavy (non-hydrogen) atoms. The van der Waals surface area contributed by atoms with Crippen molar-refractivity contribution in [1.29, 1.82) is 0 Å². The first-order chi connectivity index (χ1) is 20.8. The molecule has 1 aliphatic heterocycles. The van der Waals surface area contributed by atoms with Gasteiger partial charge in [0.15, 0.2) is 23.0 Å². The molecule has 4 rings (SSSR count). The van der Waals surface area contributed by atoms with Crippen LogP contribution in [0, 0.1) is 6.92 Å². The highest BCUT2D eigenvalue weighted by molar-refractivity contribution is 6.00. The molecule has 0 aliphatic carbocycles. The van der Waals surface area contributed by atoms with Crippen LogP contribution in [0.25, 0.3) is 5.57 Å². The van der Waals surface area contributed by atoms with Gasteiger partial charge in [-0.05, 0) is 54.3 Å². The van der Waals surface area contributed by atoms with E-state index in [2.05, 4.69) is 6.07 Å². The molecule has 0 bridgehead atoms. The molecule has 0 spiro atoms. The van der Waals surface area contributed by atoms with Crippen molar-refractivity contribution < 1.29 is 33.3 Å². The van der Waals surface area contributed by atoms with Crippen molar-refractivity contribution in [2.45, 2.75) is 20.3 Å². The zero-order chi connectivity index (χ0) is 30.9. The average molecular weight is 589 g/mol. The Morgan fingerprint density at radius 2 is 1.33 bits per heavy atom. The third-order valence-corrected chi connectivity index (χ3v) is 7.32. The van der Waals surface area contributed by atoms with E-state index in [-0.39, 0.29) is 11.8 Å². The Morgan fingerprint density at radius 3 is 1.91 bits per heavy atom. The first-order valence-corrected chi connectivity index (χ1v) is 14.3. The van der Waals surface area contributed by atoms with Crippen LogP contribution >= 0.6 is 0 Å². The maximum atomic E-state index is 13.6. The second-order valence-corrected chi connectivity index (χ2v) is 10.2. The fraction of sp³-hybridized carbons (Fsp3) is 0.353. The monoisotopic (exact) mass is 588 g/mol. The van der Waals surface area contributed by atoms with E-state index in [0.29, 0.717) is 67.1 Å². The van der Waals surface area contributed by atoms with Gasteiger partial charge in [-0.25, -0.2) is 0 Å². The quantitative estimate of drug-likeness (QED) is 0.284. The van der Waals surface area contributed by atoms with Crippen molar-refractivity contribution in [1.82, 2.24) is 9.80 Å². The highest BCUT2D eigenvalue weighted by atomic mass is 16.5. The summed E-state index contributed by atoms with van der Waals surface area (Å²) < 4.78 is 27.7. The summed E-state index contributed by atoms with van der Waals surface area (Å²) in [5, 5.41) is 0. The van der Waals surface area contributed by atoms with Crippen LogP contribution in [0.5, 0.6) is 28.7 Å². The minimum atomic E-state index is -0.167. The molecule has 0 N–H and O–H groups in total. The average Bonchev–Trinajstić information content (AvgIpc) is 3.04. The normalized spacial score (nSPS) is 13.4. The molecule has 1 heterocycles. The number of nitrogens with zero attached hydrogens (tertiary/aromatic N) is 2. The van der Waals surface area contributed by atoms with Gasteiger partial charge in [0.25, 0.3) is 5.91 Å². The minimum absolute atomic E-state index is 0.123. The number of hydrogen-bond acceptors (Lipinski definition) is 7. The second kappa shape index (κ2) is 14.5. The molecule has 1 fully saturated rings. The zero-order valence-corrected chi connectivity index (χ0v) is 25.8. The maximum absolute atomic E-state index is 13.6. The summed E-state index contributed by atoms with van der Waals surface area (Å²) in [5.41, 5.74) is 4.07. The number of rotatable bonds is 11. The van der Waals surface area contributed by atoms with Crippen LogP contribution in [0.3, 0.4) is 0 Å². The third kappa shape index (κ3) is 7.23. The van der Waals surface area contributed by atoms with Crippen LogP contribution in [-0.2, 0) is 4.79 Å². The predicted octanol–water partition coefficient (Wildman–Crippen LogP) is 5.23. The summed E-state index contributed by atoms with van der Waals surface area (Å²) in [4.78, 5) is 30.5. The second-order valence-electron chi connectivity index (χ2n) is 10.2. The van der Waals surface area contributed by atoms with Gasteiger partial charge in [-0.3, -0.25) is 9.59 Å². The smallest absolute Gasteiger partial charge is 0.254 e. The highest BCUT2D eigenvalue weighted by Gasteiger charge is 2.27. The molecule has 1 saturated heterocycles. The van der Waals surface area contributed by atoms with E-state index < -0.39 is 0 Å². The van der Waals surface area contributed by atoms with Gasteiger partial charge < -0.3 is 33.5 Å². The van der Waals surface area contributed by atoms with Crippen LogP contribution in [0.1, 0.15) is 40.4 Å². The largest absolute Gasteiger partial charge is 0.493 e. The standard InChI is InChI=1S/C34H40N2O7/c1-7-17-43-28-12-11-25(19-29(28)39-3)27(24-10-8-9-23(2)18-24)22-32(37)35-13-15-36(16-14-35)34(38)26-20-30(40-4)33(42-6)31(21-26)41-5/h8-12,18-22H,7,13-17H2,1-6H3/b27-22-. The number of piperazine rings is 1. The summed E-state index contributed by atoms with van der Waals surface area (Å²) in [6.45, 7) is 6.25. The van der Waals surface area contributed by atoms with E-state index in [1.807, 2.05) is 50.2 Å². The predicted molar refractivity (Wildman–Crippen MR) is 166 cm³/mol. The summed E-state index contributed by atoms with van der Waals surface area (Å²) in [6.07, 6.45) is 2.56. The van der Waals surface area contributed by atoms with Crippen molar-refractivity contribution >= 4 is 17.4 Å². The van der Waals surface area contributed by atoms with Crippen molar-refractivity contribution in [3.63, 3.8) is 0 Å².